The number of hydrogen-bond donors (Lipinski definition) is 0. The average Bonchev–Trinajstić information content (AvgIpc) is 3.07. The fourth-order valence-electron chi connectivity index (χ4n) is 2.37. The molecule has 2 aliphatic rings. The Bertz CT molecular complexity index is 491. The van der Waals surface area contributed by atoms with Gasteiger partial charge in [0.05, 0.1) is 24.7 Å². The summed E-state index contributed by atoms with van der Waals surface area (Å²) < 4.78 is 11.3. The SMILES string of the molecule is CC1(C#N)CC1c1ccc2c(c1)OCCCO2. The zero-order valence-corrected chi connectivity index (χ0v) is 9.90. The molecule has 0 N–H and O–H groups in total. The Morgan fingerprint density at radius 1 is 1.29 bits per heavy atom. The smallest absolute Gasteiger partial charge is 0.161 e. The van der Waals surface area contributed by atoms with Crippen molar-refractivity contribution in [1.29, 1.82) is 5.26 Å². The van der Waals surface area contributed by atoms with Gasteiger partial charge >= 0.3 is 0 Å². The molecule has 88 valence electrons. The molecule has 3 heteroatoms. The van der Waals surface area contributed by atoms with Crippen LogP contribution in [0.1, 0.15) is 31.2 Å². The quantitative estimate of drug-likeness (QED) is 0.743. The maximum Gasteiger partial charge on any atom is 0.161 e. The summed E-state index contributed by atoms with van der Waals surface area (Å²) in [6.45, 7) is 3.43. The topological polar surface area (TPSA) is 42.2 Å². The molecule has 1 aromatic rings. The van der Waals surface area contributed by atoms with Crippen molar-refractivity contribution in [3.8, 4) is 17.6 Å². The lowest BCUT2D eigenvalue weighted by molar-refractivity contribution is 0.297. The first-order valence-electron chi connectivity index (χ1n) is 6.04. The molecule has 1 fully saturated rings. The lowest BCUT2D eigenvalue weighted by atomic mass is 10.0. The third-order valence-corrected chi connectivity index (χ3v) is 3.67. The fraction of sp³-hybridized carbons (Fsp3) is 0.500. The number of hydrogen-bond acceptors (Lipinski definition) is 3. The highest BCUT2D eigenvalue weighted by Gasteiger charge is 2.51. The first kappa shape index (κ1) is 10.5. The number of ether oxygens (including phenoxy) is 2. The highest BCUT2D eigenvalue weighted by atomic mass is 16.5. The minimum Gasteiger partial charge on any atom is -0.490 e. The van der Waals surface area contributed by atoms with Crippen molar-refractivity contribution in [2.75, 3.05) is 13.2 Å². The first-order chi connectivity index (χ1) is 8.23. The number of rotatable bonds is 1. The molecule has 2 unspecified atom stereocenters. The van der Waals surface area contributed by atoms with Crippen molar-refractivity contribution in [2.24, 2.45) is 5.41 Å². The van der Waals surface area contributed by atoms with Crippen molar-refractivity contribution in [3.63, 3.8) is 0 Å². The van der Waals surface area contributed by atoms with Gasteiger partial charge in [0.2, 0.25) is 0 Å². The number of benzene rings is 1. The van der Waals surface area contributed by atoms with Crippen LogP contribution in [0.5, 0.6) is 11.5 Å². The molecule has 0 aromatic heterocycles. The lowest BCUT2D eigenvalue weighted by Gasteiger charge is -2.09. The van der Waals surface area contributed by atoms with Crippen molar-refractivity contribution in [2.45, 2.75) is 25.7 Å². The van der Waals surface area contributed by atoms with E-state index in [1.165, 1.54) is 5.56 Å². The van der Waals surface area contributed by atoms with Crippen LogP contribution in [0.15, 0.2) is 18.2 Å². The molecule has 17 heavy (non-hydrogen) atoms. The third-order valence-electron chi connectivity index (χ3n) is 3.67. The number of nitriles is 1. The van der Waals surface area contributed by atoms with Crippen LogP contribution in [0.3, 0.4) is 0 Å². The van der Waals surface area contributed by atoms with Gasteiger partial charge in [-0.2, -0.15) is 5.26 Å². The zero-order valence-electron chi connectivity index (χ0n) is 9.90. The summed E-state index contributed by atoms with van der Waals surface area (Å²) in [5.74, 6) is 2.00. The van der Waals surface area contributed by atoms with Gasteiger partial charge in [-0.1, -0.05) is 6.07 Å². The molecule has 1 aliphatic heterocycles. The maximum absolute atomic E-state index is 9.07. The Morgan fingerprint density at radius 2 is 2.06 bits per heavy atom. The molecule has 0 saturated heterocycles. The number of fused-ring (bicyclic) bond motifs is 1. The van der Waals surface area contributed by atoms with Gasteiger partial charge in [0, 0.05) is 12.3 Å². The Balaban J connectivity index is 1.89. The molecule has 0 spiro atoms. The van der Waals surface area contributed by atoms with Crippen LogP contribution < -0.4 is 9.47 Å². The second kappa shape index (κ2) is 3.66. The zero-order chi connectivity index (χ0) is 11.9. The summed E-state index contributed by atoms with van der Waals surface area (Å²) in [7, 11) is 0. The summed E-state index contributed by atoms with van der Waals surface area (Å²) in [5, 5.41) is 9.07. The van der Waals surface area contributed by atoms with E-state index in [4.69, 9.17) is 14.7 Å². The maximum atomic E-state index is 9.07. The second-order valence-electron chi connectivity index (χ2n) is 5.04. The summed E-state index contributed by atoms with van der Waals surface area (Å²) in [5.41, 5.74) is 1.01. The van der Waals surface area contributed by atoms with Gasteiger partial charge in [-0.15, -0.1) is 0 Å². The standard InChI is InChI=1S/C14H15NO2/c1-14(9-15)8-11(14)10-3-4-12-13(7-10)17-6-2-5-16-12/h3-4,7,11H,2,5-6,8H2,1H3. The first-order valence-corrected chi connectivity index (χ1v) is 6.04. The van der Waals surface area contributed by atoms with E-state index in [1.54, 1.807) is 0 Å². The van der Waals surface area contributed by atoms with Gasteiger partial charge in [0.1, 0.15) is 0 Å². The molecule has 3 rings (SSSR count). The van der Waals surface area contributed by atoms with Crippen molar-refractivity contribution in [3.05, 3.63) is 23.8 Å². The van der Waals surface area contributed by atoms with E-state index >= 15 is 0 Å². The van der Waals surface area contributed by atoms with E-state index in [0.29, 0.717) is 19.1 Å². The van der Waals surface area contributed by atoms with Gasteiger partial charge in [-0.25, -0.2) is 0 Å². The van der Waals surface area contributed by atoms with Crippen LogP contribution >= 0.6 is 0 Å². The van der Waals surface area contributed by atoms with E-state index in [2.05, 4.69) is 12.1 Å². The highest BCUT2D eigenvalue weighted by molar-refractivity contribution is 5.47. The van der Waals surface area contributed by atoms with E-state index in [-0.39, 0.29) is 5.41 Å². The van der Waals surface area contributed by atoms with Crippen LogP contribution in [-0.4, -0.2) is 13.2 Å². The van der Waals surface area contributed by atoms with Crippen LogP contribution in [0.25, 0.3) is 0 Å². The third kappa shape index (κ3) is 1.74. The van der Waals surface area contributed by atoms with Crippen LogP contribution in [0.4, 0.5) is 0 Å². The van der Waals surface area contributed by atoms with Gasteiger partial charge in [0.15, 0.2) is 11.5 Å². The molecule has 1 aromatic carbocycles. The Hall–Kier alpha value is -1.69. The second-order valence-corrected chi connectivity index (χ2v) is 5.04. The lowest BCUT2D eigenvalue weighted by Crippen LogP contribution is -1.97. The van der Waals surface area contributed by atoms with E-state index in [9.17, 15) is 0 Å². The summed E-state index contributed by atoms with van der Waals surface area (Å²) in [4.78, 5) is 0. The highest BCUT2D eigenvalue weighted by Crippen LogP contribution is 2.59. The molecule has 0 radical (unpaired) electrons. The van der Waals surface area contributed by atoms with Crippen molar-refractivity contribution < 1.29 is 9.47 Å². The molecular weight excluding hydrogens is 214 g/mol. The van der Waals surface area contributed by atoms with E-state index < -0.39 is 0 Å². The minimum absolute atomic E-state index is 0.181. The molecule has 1 aliphatic carbocycles. The van der Waals surface area contributed by atoms with Crippen LogP contribution in [0.2, 0.25) is 0 Å². The monoisotopic (exact) mass is 229 g/mol. The average molecular weight is 229 g/mol. The summed E-state index contributed by atoms with van der Waals surface area (Å²) in [6.07, 6.45) is 1.87. The molecule has 2 atom stereocenters. The molecule has 3 nitrogen and oxygen atoms in total. The van der Waals surface area contributed by atoms with E-state index in [1.807, 2.05) is 19.1 Å². The van der Waals surface area contributed by atoms with Gasteiger partial charge in [-0.3, -0.25) is 0 Å². The molecular formula is C14H15NO2. The molecule has 1 saturated carbocycles. The normalized spacial score (nSPS) is 30.2. The van der Waals surface area contributed by atoms with Gasteiger partial charge in [0.25, 0.3) is 0 Å². The summed E-state index contributed by atoms with van der Waals surface area (Å²) >= 11 is 0. The molecule has 1 heterocycles. The predicted molar refractivity (Wildman–Crippen MR) is 63.1 cm³/mol. The van der Waals surface area contributed by atoms with E-state index in [0.717, 1.165) is 24.3 Å². The van der Waals surface area contributed by atoms with Crippen LogP contribution in [0, 0.1) is 16.7 Å². The largest absolute Gasteiger partial charge is 0.490 e. The van der Waals surface area contributed by atoms with Gasteiger partial charge < -0.3 is 9.47 Å². The minimum atomic E-state index is -0.181. The molecule has 0 amide bonds. The summed E-state index contributed by atoms with van der Waals surface area (Å²) in [6, 6.07) is 8.44. The fourth-order valence-corrected chi connectivity index (χ4v) is 2.37. The predicted octanol–water partition coefficient (Wildman–Crippen LogP) is 2.87. The Labute approximate surface area is 101 Å². The van der Waals surface area contributed by atoms with Crippen molar-refractivity contribution in [1.82, 2.24) is 0 Å². The number of nitrogens with zero attached hydrogens (tertiary/aromatic N) is 1. The Morgan fingerprint density at radius 3 is 2.76 bits per heavy atom. The van der Waals surface area contributed by atoms with Crippen LogP contribution in [-0.2, 0) is 0 Å². The van der Waals surface area contributed by atoms with Gasteiger partial charge in [-0.05, 0) is 31.0 Å². The molecule has 0 bridgehead atoms. The van der Waals surface area contributed by atoms with Crippen molar-refractivity contribution >= 4 is 0 Å². The Kier molecular flexibility index (Phi) is 2.25.